The van der Waals surface area contributed by atoms with Gasteiger partial charge >= 0.3 is 0 Å². The quantitative estimate of drug-likeness (QED) is 0.291. The zero-order valence-electron chi connectivity index (χ0n) is 21.2. The van der Waals surface area contributed by atoms with Crippen LogP contribution in [0.5, 0.6) is 23.0 Å². The maximum atomic E-state index is 6.25. The molecule has 3 aromatic carbocycles. The Balaban J connectivity index is 1.03. The number of anilines is 2. The van der Waals surface area contributed by atoms with E-state index in [1.807, 2.05) is 48.5 Å². The first-order valence-electron chi connectivity index (χ1n) is 13.4. The summed E-state index contributed by atoms with van der Waals surface area (Å²) in [6, 6.07) is 24.1. The minimum atomic E-state index is 0.307. The van der Waals surface area contributed by atoms with Crippen LogP contribution in [0.2, 0.25) is 0 Å². The Kier molecular flexibility index (Phi) is 6.55. The van der Waals surface area contributed by atoms with E-state index in [-0.39, 0.29) is 0 Å². The number of hydrogen-bond acceptors (Lipinski definition) is 8. The van der Waals surface area contributed by atoms with Crippen molar-refractivity contribution < 1.29 is 28.4 Å². The molecule has 0 saturated carbocycles. The Morgan fingerprint density at radius 1 is 0.500 bits per heavy atom. The van der Waals surface area contributed by atoms with E-state index in [4.69, 9.17) is 28.4 Å². The SMILES string of the molecule is c1cc(Oc2cccc(N(CC3CO3)CC3CO3)c2)cc(Oc2cccc(N(CC3CO3)CC3CO3)c2)c1. The largest absolute Gasteiger partial charge is 0.457 e. The van der Waals surface area contributed by atoms with Crippen molar-refractivity contribution >= 4 is 11.4 Å². The molecule has 198 valence electrons. The molecule has 0 aromatic heterocycles. The molecule has 4 aliphatic heterocycles. The van der Waals surface area contributed by atoms with Gasteiger partial charge in [-0.05, 0) is 36.4 Å². The van der Waals surface area contributed by atoms with E-state index in [0.717, 1.165) is 87.0 Å². The molecule has 8 heteroatoms. The molecule has 38 heavy (non-hydrogen) atoms. The standard InChI is InChI=1S/C30H32N2O6/c1-4-21(31(13-27-17-33-27)14-28-18-34-28)10-23(6-1)37-25-8-3-9-26(12-25)38-24-7-2-5-22(11-24)32(15-29-19-35-29)16-30-20-36-30/h1-12,27-30H,13-20H2. The zero-order valence-corrected chi connectivity index (χ0v) is 21.2. The molecule has 4 heterocycles. The van der Waals surface area contributed by atoms with E-state index >= 15 is 0 Å². The third-order valence-electron chi connectivity index (χ3n) is 6.95. The van der Waals surface area contributed by atoms with Gasteiger partial charge in [-0.2, -0.15) is 0 Å². The minimum absolute atomic E-state index is 0.307. The van der Waals surface area contributed by atoms with Crippen LogP contribution in [0.1, 0.15) is 0 Å². The lowest BCUT2D eigenvalue weighted by Gasteiger charge is -2.24. The second kappa shape index (κ2) is 10.5. The number of benzene rings is 3. The van der Waals surface area contributed by atoms with Gasteiger partial charge in [-0.25, -0.2) is 0 Å². The van der Waals surface area contributed by atoms with Crippen LogP contribution in [-0.2, 0) is 18.9 Å². The van der Waals surface area contributed by atoms with Gasteiger partial charge in [0.05, 0.1) is 50.8 Å². The minimum Gasteiger partial charge on any atom is -0.457 e. The molecule has 4 saturated heterocycles. The fourth-order valence-corrected chi connectivity index (χ4v) is 4.61. The molecular weight excluding hydrogens is 484 g/mol. The fraction of sp³-hybridized carbons (Fsp3) is 0.400. The third kappa shape index (κ3) is 6.57. The van der Waals surface area contributed by atoms with Crippen LogP contribution in [0.4, 0.5) is 11.4 Å². The highest BCUT2D eigenvalue weighted by molar-refractivity contribution is 5.54. The van der Waals surface area contributed by atoms with Gasteiger partial charge in [0.1, 0.15) is 23.0 Å². The van der Waals surface area contributed by atoms with E-state index < -0.39 is 0 Å². The molecule has 7 rings (SSSR count). The molecule has 0 aliphatic carbocycles. The molecule has 0 bridgehead atoms. The number of hydrogen-bond donors (Lipinski definition) is 0. The Labute approximate surface area is 222 Å². The zero-order chi connectivity index (χ0) is 25.3. The summed E-state index contributed by atoms with van der Waals surface area (Å²) in [6.45, 7) is 6.78. The van der Waals surface area contributed by atoms with Crippen molar-refractivity contribution in [3.8, 4) is 23.0 Å². The van der Waals surface area contributed by atoms with Crippen LogP contribution in [0, 0.1) is 0 Å². The molecule has 0 radical (unpaired) electrons. The molecule has 4 aliphatic rings. The van der Waals surface area contributed by atoms with E-state index in [1.54, 1.807) is 0 Å². The lowest BCUT2D eigenvalue weighted by atomic mass is 10.2. The highest BCUT2D eigenvalue weighted by atomic mass is 16.6. The third-order valence-corrected chi connectivity index (χ3v) is 6.95. The summed E-state index contributed by atoms with van der Waals surface area (Å²) in [5, 5.41) is 0. The summed E-state index contributed by atoms with van der Waals surface area (Å²) >= 11 is 0. The first-order chi connectivity index (χ1) is 18.7. The lowest BCUT2D eigenvalue weighted by Crippen LogP contribution is -2.31. The van der Waals surface area contributed by atoms with Gasteiger partial charge < -0.3 is 38.2 Å². The molecule has 8 nitrogen and oxygen atoms in total. The van der Waals surface area contributed by atoms with Crippen LogP contribution in [0.3, 0.4) is 0 Å². The first-order valence-corrected chi connectivity index (χ1v) is 13.4. The van der Waals surface area contributed by atoms with Crippen LogP contribution < -0.4 is 19.3 Å². The molecule has 4 atom stereocenters. The average molecular weight is 517 g/mol. The van der Waals surface area contributed by atoms with Gasteiger partial charge in [-0.1, -0.05) is 18.2 Å². The number of rotatable bonds is 14. The molecule has 0 N–H and O–H groups in total. The highest BCUT2D eigenvalue weighted by Gasteiger charge is 2.32. The molecule has 4 unspecified atom stereocenters. The Bertz CT molecular complexity index is 1130. The Hall–Kier alpha value is -3.30. The topological polar surface area (TPSA) is 75.1 Å². The lowest BCUT2D eigenvalue weighted by molar-refractivity contribution is 0.388. The van der Waals surface area contributed by atoms with Crippen molar-refractivity contribution in [2.75, 3.05) is 62.4 Å². The van der Waals surface area contributed by atoms with Crippen molar-refractivity contribution in [1.82, 2.24) is 0 Å². The van der Waals surface area contributed by atoms with Crippen molar-refractivity contribution in [2.45, 2.75) is 24.4 Å². The normalized spacial score (nSPS) is 24.4. The molecule has 0 amide bonds. The van der Waals surface area contributed by atoms with E-state index in [0.29, 0.717) is 24.4 Å². The summed E-state index contributed by atoms with van der Waals surface area (Å²) in [6.07, 6.45) is 1.23. The predicted molar refractivity (Wildman–Crippen MR) is 143 cm³/mol. The second-order valence-corrected chi connectivity index (χ2v) is 10.3. The Morgan fingerprint density at radius 2 is 0.816 bits per heavy atom. The summed E-state index contributed by atoms with van der Waals surface area (Å²) in [5.41, 5.74) is 2.21. The van der Waals surface area contributed by atoms with Gasteiger partial charge in [-0.15, -0.1) is 0 Å². The monoisotopic (exact) mass is 516 g/mol. The van der Waals surface area contributed by atoms with Crippen LogP contribution in [0.15, 0.2) is 72.8 Å². The first kappa shape index (κ1) is 23.8. The maximum Gasteiger partial charge on any atom is 0.131 e. The van der Waals surface area contributed by atoms with Crippen molar-refractivity contribution in [2.24, 2.45) is 0 Å². The summed E-state index contributed by atoms with van der Waals surface area (Å²) < 4.78 is 34.4. The fourth-order valence-electron chi connectivity index (χ4n) is 4.61. The second-order valence-electron chi connectivity index (χ2n) is 10.3. The van der Waals surface area contributed by atoms with Crippen molar-refractivity contribution in [3.63, 3.8) is 0 Å². The van der Waals surface area contributed by atoms with Crippen LogP contribution >= 0.6 is 0 Å². The predicted octanol–water partition coefficient (Wildman–Crippen LogP) is 4.48. The average Bonchev–Trinajstić information content (AvgIpc) is 3.75. The summed E-state index contributed by atoms with van der Waals surface area (Å²) in [7, 11) is 0. The van der Waals surface area contributed by atoms with Crippen molar-refractivity contribution in [1.29, 1.82) is 0 Å². The van der Waals surface area contributed by atoms with E-state index in [1.165, 1.54) is 0 Å². The van der Waals surface area contributed by atoms with E-state index in [9.17, 15) is 0 Å². The van der Waals surface area contributed by atoms with Gasteiger partial charge in [0.15, 0.2) is 0 Å². The molecule has 0 spiro atoms. The number of nitrogens with zero attached hydrogens (tertiary/aromatic N) is 2. The number of epoxide rings is 4. The van der Waals surface area contributed by atoms with Gasteiger partial charge in [-0.3, -0.25) is 0 Å². The molecule has 4 fully saturated rings. The highest BCUT2D eigenvalue weighted by Crippen LogP contribution is 2.33. The molecular formula is C30H32N2O6. The van der Waals surface area contributed by atoms with Gasteiger partial charge in [0, 0.05) is 55.8 Å². The smallest absolute Gasteiger partial charge is 0.131 e. The number of ether oxygens (including phenoxy) is 6. The van der Waals surface area contributed by atoms with Gasteiger partial charge in [0.2, 0.25) is 0 Å². The molecule has 3 aromatic rings. The Morgan fingerprint density at radius 3 is 1.16 bits per heavy atom. The summed E-state index contributed by atoms with van der Waals surface area (Å²) in [4.78, 5) is 4.64. The summed E-state index contributed by atoms with van der Waals surface area (Å²) in [5.74, 6) is 2.99. The van der Waals surface area contributed by atoms with Crippen LogP contribution in [-0.4, -0.2) is 77.0 Å². The van der Waals surface area contributed by atoms with E-state index in [2.05, 4.69) is 34.1 Å². The maximum absolute atomic E-state index is 6.25. The van der Waals surface area contributed by atoms with Gasteiger partial charge in [0.25, 0.3) is 0 Å². The van der Waals surface area contributed by atoms with Crippen LogP contribution in [0.25, 0.3) is 0 Å². The van der Waals surface area contributed by atoms with Crippen molar-refractivity contribution in [3.05, 3.63) is 72.8 Å².